The van der Waals surface area contributed by atoms with Gasteiger partial charge in [-0.25, -0.2) is 0 Å². The number of pyridine rings is 1. The first-order valence-electron chi connectivity index (χ1n) is 5.53. The van der Waals surface area contributed by atoms with Crippen LogP contribution in [0.3, 0.4) is 0 Å². The third kappa shape index (κ3) is 5.37. The second kappa shape index (κ2) is 6.76. The number of rotatable bonds is 6. The second-order valence-corrected chi connectivity index (χ2v) is 5.71. The van der Waals surface area contributed by atoms with Crippen LogP contribution in [0.5, 0.6) is 0 Å². The van der Waals surface area contributed by atoms with Gasteiger partial charge in [-0.3, -0.25) is 9.19 Å². The Morgan fingerprint density at radius 2 is 2.25 bits per heavy atom. The van der Waals surface area contributed by atoms with Gasteiger partial charge in [-0.15, -0.1) is 0 Å². The van der Waals surface area contributed by atoms with E-state index in [2.05, 4.69) is 23.3 Å². The van der Waals surface area contributed by atoms with E-state index in [0.29, 0.717) is 6.04 Å². The molecule has 0 saturated heterocycles. The Bertz CT molecular complexity index is 337. The first-order chi connectivity index (χ1) is 7.58. The molecule has 0 spiro atoms. The minimum Gasteiger partial charge on any atom is -0.310 e. The lowest BCUT2D eigenvalue weighted by Gasteiger charge is -2.12. The third-order valence-corrected chi connectivity index (χ3v) is 3.28. The van der Waals surface area contributed by atoms with Crippen LogP contribution in [0.15, 0.2) is 18.3 Å². The Kier molecular flexibility index (Phi) is 5.63. The molecule has 1 heterocycles. The number of hydrogen-bond acceptors (Lipinski definition) is 3. The average Bonchev–Trinajstić information content (AvgIpc) is 2.25. The van der Waals surface area contributed by atoms with E-state index in [1.165, 1.54) is 5.56 Å². The van der Waals surface area contributed by atoms with Crippen molar-refractivity contribution in [1.29, 1.82) is 0 Å². The van der Waals surface area contributed by atoms with Gasteiger partial charge in [0.15, 0.2) is 0 Å². The molecule has 0 fully saturated rings. The maximum absolute atomic E-state index is 10.9. The highest BCUT2D eigenvalue weighted by Crippen LogP contribution is 2.00. The maximum Gasteiger partial charge on any atom is 0.0372 e. The van der Waals surface area contributed by atoms with E-state index in [0.717, 1.165) is 24.4 Å². The van der Waals surface area contributed by atoms with Crippen molar-refractivity contribution in [3.63, 3.8) is 0 Å². The predicted octanol–water partition coefficient (Wildman–Crippen LogP) is 1.64. The summed E-state index contributed by atoms with van der Waals surface area (Å²) in [5.74, 6) is 0.764. The van der Waals surface area contributed by atoms with Gasteiger partial charge >= 0.3 is 0 Å². The van der Waals surface area contributed by atoms with Gasteiger partial charge in [0.2, 0.25) is 0 Å². The van der Waals surface area contributed by atoms with Crippen molar-refractivity contribution in [2.24, 2.45) is 0 Å². The fourth-order valence-electron chi connectivity index (χ4n) is 1.34. The van der Waals surface area contributed by atoms with Gasteiger partial charge in [-0.1, -0.05) is 6.07 Å². The molecule has 90 valence electrons. The minimum absolute atomic E-state index is 0.394. The molecule has 1 rings (SSSR count). The summed E-state index contributed by atoms with van der Waals surface area (Å²) in [6.07, 6.45) is 4.59. The van der Waals surface area contributed by atoms with Crippen LogP contribution in [-0.4, -0.2) is 27.2 Å². The Hall–Kier alpha value is -0.740. The van der Waals surface area contributed by atoms with Gasteiger partial charge in [0, 0.05) is 47.3 Å². The Morgan fingerprint density at radius 3 is 2.81 bits per heavy atom. The monoisotopic (exact) mass is 240 g/mol. The molecule has 0 radical (unpaired) electrons. The highest BCUT2D eigenvalue weighted by Gasteiger charge is 2.02. The van der Waals surface area contributed by atoms with Crippen LogP contribution in [0, 0.1) is 6.92 Å². The molecule has 1 aromatic heterocycles. The summed E-state index contributed by atoms with van der Waals surface area (Å²) in [5.41, 5.74) is 2.23. The van der Waals surface area contributed by atoms with Crippen LogP contribution in [0.25, 0.3) is 0 Å². The first-order valence-corrected chi connectivity index (χ1v) is 7.25. The molecule has 0 bridgehead atoms. The van der Waals surface area contributed by atoms with Gasteiger partial charge in [-0.2, -0.15) is 0 Å². The lowest BCUT2D eigenvalue weighted by molar-refractivity contribution is 0.534. The summed E-state index contributed by atoms with van der Waals surface area (Å²) in [6.45, 7) is 4.93. The van der Waals surface area contributed by atoms with E-state index < -0.39 is 10.8 Å². The molecule has 16 heavy (non-hydrogen) atoms. The molecule has 0 aliphatic carbocycles. The standard InChI is InChI=1S/C12H20N2OS/c1-10-4-5-12(8-13-10)9-14-11(2)6-7-16(3)15/h4-5,8,11,14H,6-7,9H2,1-3H3. The predicted molar refractivity (Wildman–Crippen MR) is 68.8 cm³/mol. The number of nitrogens with zero attached hydrogens (tertiary/aromatic N) is 1. The fourth-order valence-corrected chi connectivity index (χ4v) is 2.03. The summed E-state index contributed by atoms with van der Waals surface area (Å²) >= 11 is 0. The van der Waals surface area contributed by atoms with Crippen LogP contribution >= 0.6 is 0 Å². The number of aryl methyl sites for hydroxylation is 1. The van der Waals surface area contributed by atoms with Crippen molar-refractivity contribution < 1.29 is 4.21 Å². The molecule has 2 unspecified atom stereocenters. The van der Waals surface area contributed by atoms with Crippen molar-refractivity contribution in [2.75, 3.05) is 12.0 Å². The second-order valence-electron chi connectivity index (χ2n) is 4.16. The SMILES string of the molecule is Cc1ccc(CNC(C)CCS(C)=O)cn1. The van der Waals surface area contributed by atoms with Crippen LogP contribution in [0.1, 0.15) is 24.6 Å². The zero-order valence-corrected chi connectivity index (χ0v) is 11.0. The topological polar surface area (TPSA) is 42.0 Å². The van der Waals surface area contributed by atoms with Crippen molar-refractivity contribution in [2.45, 2.75) is 32.9 Å². The van der Waals surface area contributed by atoms with Gasteiger partial charge in [-0.05, 0) is 31.9 Å². The molecule has 4 heteroatoms. The number of nitrogens with one attached hydrogen (secondary N) is 1. The molecule has 0 saturated carbocycles. The van der Waals surface area contributed by atoms with E-state index in [4.69, 9.17) is 0 Å². The average molecular weight is 240 g/mol. The lowest BCUT2D eigenvalue weighted by Crippen LogP contribution is -2.27. The van der Waals surface area contributed by atoms with Crippen molar-refractivity contribution >= 4 is 10.8 Å². The molecular formula is C12H20N2OS. The highest BCUT2D eigenvalue weighted by molar-refractivity contribution is 7.84. The molecule has 1 aromatic rings. The van der Waals surface area contributed by atoms with Crippen LogP contribution in [0.2, 0.25) is 0 Å². The van der Waals surface area contributed by atoms with E-state index in [1.807, 2.05) is 19.2 Å². The van der Waals surface area contributed by atoms with Crippen LogP contribution in [-0.2, 0) is 17.3 Å². The Labute approximate surface area is 100 Å². The van der Waals surface area contributed by atoms with E-state index in [1.54, 1.807) is 6.26 Å². The minimum atomic E-state index is -0.690. The zero-order valence-electron chi connectivity index (χ0n) is 10.2. The Morgan fingerprint density at radius 1 is 1.50 bits per heavy atom. The normalized spacial score (nSPS) is 14.7. The maximum atomic E-state index is 10.9. The van der Waals surface area contributed by atoms with Crippen LogP contribution in [0.4, 0.5) is 0 Å². The lowest BCUT2D eigenvalue weighted by atomic mass is 10.2. The largest absolute Gasteiger partial charge is 0.310 e. The molecule has 0 amide bonds. The quantitative estimate of drug-likeness (QED) is 0.822. The fraction of sp³-hybridized carbons (Fsp3) is 0.583. The highest BCUT2D eigenvalue weighted by atomic mass is 32.2. The van der Waals surface area contributed by atoms with Crippen LogP contribution < -0.4 is 5.32 Å². The number of aromatic nitrogens is 1. The summed E-state index contributed by atoms with van der Waals surface area (Å²) in [5, 5.41) is 3.40. The molecule has 3 nitrogen and oxygen atoms in total. The van der Waals surface area contributed by atoms with Gasteiger partial charge < -0.3 is 5.32 Å². The van der Waals surface area contributed by atoms with Gasteiger partial charge in [0.25, 0.3) is 0 Å². The van der Waals surface area contributed by atoms with E-state index in [9.17, 15) is 4.21 Å². The molecule has 0 aliphatic heterocycles. The molecular weight excluding hydrogens is 220 g/mol. The zero-order chi connectivity index (χ0) is 12.0. The van der Waals surface area contributed by atoms with Crippen molar-refractivity contribution in [3.8, 4) is 0 Å². The summed E-state index contributed by atoms with van der Waals surface area (Å²) in [7, 11) is -0.690. The van der Waals surface area contributed by atoms with Crippen molar-refractivity contribution in [3.05, 3.63) is 29.6 Å². The Balaban J connectivity index is 2.28. The number of hydrogen-bond donors (Lipinski definition) is 1. The first kappa shape index (κ1) is 13.3. The van der Waals surface area contributed by atoms with Gasteiger partial charge in [0.05, 0.1) is 0 Å². The summed E-state index contributed by atoms with van der Waals surface area (Å²) in [4.78, 5) is 4.24. The molecule has 0 aromatic carbocycles. The summed E-state index contributed by atoms with van der Waals surface area (Å²) < 4.78 is 10.9. The van der Waals surface area contributed by atoms with E-state index in [-0.39, 0.29) is 0 Å². The van der Waals surface area contributed by atoms with E-state index >= 15 is 0 Å². The smallest absolute Gasteiger partial charge is 0.0372 e. The molecule has 0 aliphatic rings. The molecule has 1 N–H and O–H groups in total. The van der Waals surface area contributed by atoms with Crippen molar-refractivity contribution in [1.82, 2.24) is 10.3 Å². The molecule has 2 atom stereocenters. The summed E-state index contributed by atoms with van der Waals surface area (Å²) in [6, 6.07) is 4.49. The van der Waals surface area contributed by atoms with Gasteiger partial charge in [0.1, 0.15) is 0 Å². The third-order valence-electron chi connectivity index (χ3n) is 2.47.